The number of amides is 3. The quantitative estimate of drug-likeness (QED) is 0.219. The van der Waals surface area contributed by atoms with Crippen LogP contribution in [-0.2, 0) is 33.5 Å². The third-order valence-corrected chi connectivity index (χ3v) is 1.15. The number of ether oxygens (including phenoxy) is 1. The first-order valence-electron chi connectivity index (χ1n) is 8.25. The zero-order valence-electron chi connectivity index (χ0n) is 20.5. The van der Waals surface area contributed by atoms with Gasteiger partial charge in [-0.3, -0.25) is 28.8 Å². The maximum Gasteiger partial charge on any atom is 0.300 e. The van der Waals surface area contributed by atoms with Crippen LogP contribution in [0.1, 0.15) is 34.6 Å². The maximum atomic E-state index is 9.70. The highest BCUT2D eigenvalue weighted by Gasteiger charge is 1.73. The van der Waals surface area contributed by atoms with Crippen LogP contribution in [0.5, 0.6) is 0 Å². The number of aliphatic carboxylic acids is 2. The highest BCUT2D eigenvalue weighted by Crippen LogP contribution is 1.46. The minimum absolute atomic E-state index is 0.00463. The number of hydrogen-bond donors (Lipinski definition) is 7. The summed E-state index contributed by atoms with van der Waals surface area (Å²) in [4.78, 5) is 56.1. The van der Waals surface area contributed by atoms with Crippen molar-refractivity contribution in [3.05, 3.63) is 0 Å². The molecule has 0 aliphatic carbocycles. The summed E-state index contributed by atoms with van der Waals surface area (Å²) in [6.07, 6.45) is 0. The number of carbonyl (C=O) groups is 6. The van der Waals surface area contributed by atoms with Gasteiger partial charge in [-0.05, 0) is 14.1 Å². The van der Waals surface area contributed by atoms with E-state index in [1.807, 2.05) is 0 Å². The lowest BCUT2D eigenvalue weighted by Gasteiger charge is -1.80. The highest BCUT2D eigenvalue weighted by atomic mass is 16.5. The molecule has 0 aliphatic rings. The summed E-state index contributed by atoms with van der Waals surface area (Å²) in [5.41, 5.74) is 9.00. The van der Waals surface area contributed by atoms with Crippen molar-refractivity contribution in [2.24, 2.45) is 11.5 Å². The molecule has 190 valence electrons. The van der Waals surface area contributed by atoms with Gasteiger partial charge in [0.25, 0.3) is 18.4 Å². The zero-order chi connectivity index (χ0) is 27.4. The van der Waals surface area contributed by atoms with Crippen LogP contribution in [0.25, 0.3) is 0 Å². The van der Waals surface area contributed by atoms with E-state index in [0.717, 1.165) is 13.8 Å². The normalized spacial score (nSPS) is 5.97. The molecule has 0 spiro atoms. The first-order chi connectivity index (χ1) is 14.2. The van der Waals surface area contributed by atoms with Crippen molar-refractivity contribution < 1.29 is 43.7 Å². The second-order valence-corrected chi connectivity index (χ2v) is 3.79. The Morgan fingerprint density at radius 3 is 0.710 bits per heavy atom. The second kappa shape index (κ2) is 63.2. The highest BCUT2D eigenvalue weighted by molar-refractivity contribution is 5.72. The number of nitrogens with one attached hydrogen (secondary N) is 3. The van der Waals surface area contributed by atoms with Crippen LogP contribution in [0.2, 0.25) is 0 Å². The van der Waals surface area contributed by atoms with E-state index in [9.17, 15) is 14.4 Å². The van der Waals surface area contributed by atoms with Crippen LogP contribution in [-0.4, -0.2) is 88.7 Å². The Morgan fingerprint density at radius 1 is 0.645 bits per heavy atom. The summed E-state index contributed by atoms with van der Waals surface area (Å²) in [6, 6.07) is 0. The third-order valence-electron chi connectivity index (χ3n) is 1.15. The molecule has 0 saturated carbocycles. The number of methoxy groups -OCH3 is 1. The lowest BCUT2D eigenvalue weighted by atomic mass is 10.7. The minimum atomic E-state index is -0.833. The fraction of sp³-hybridized carbons (Fsp3) is 0.647. The number of rotatable bonds is 1. The van der Waals surface area contributed by atoms with Crippen LogP contribution in [0, 0.1) is 0 Å². The van der Waals surface area contributed by atoms with Gasteiger partial charge in [0.05, 0.1) is 7.11 Å². The van der Waals surface area contributed by atoms with Crippen molar-refractivity contribution in [3.63, 3.8) is 0 Å². The van der Waals surface area contributed by atoms with E-state index < -0.39 is 11.9 Å². The van der Waals surface area contributed by atoms with E-state index in [1.54, 1.807) is 21.1 Å². The Kier molecular flexibility index (Phi) is 104. The van der Waals surface area contributed by atoms with E-state index >= 15 is 0 Å². The number of hydrogen-bond acceptors (Lipinski definition) is 9. The van der Waals surface area contributed by atoms with E-state index in [4.69, 9.17) is 24.6 Å². The van der Waals surface area contributed by atoms with Gasteiger partial charge in [-0.15, -0.1) is 0 Å². The van der Waals surface area contributed by atoms with Crippen molar-refractivity contribution >= 4 is 36.1 Å². The molecule has 9 N–H and O–H groups in total. The van der Waals surface area contributed by atoms with Crippen LogP contribution in [0.15, 0.2) is 0 Å². The van der Waals surface area contributed by atoms with Gasteiger partial charge in [0.2, 0.25) is 17.7 Å². The molecule has 0 aromatic rings. The zero-order valence-corrected chi connectivity index (χ0v) is 20.5. The van der Waals surface area contributed by atoms with Crippen molar-refractivity contribution in [2.75, 3.05) is 42.3 Å². The topological polar surface area (TPSA) is 240 Å². The van der Waals surface area contributed by atoms with Gasteiger partial charge in [0.15, 0.2) is 0 Å². The molecule has 0 aromatic carbocycles. The van der Waals surface area contributed by atoms with Gasteiger partial charge >= 0.3 is 0 Å². The predicted molar refractivity (Wildman–Crippen MR) is 119 cm³/mol. The third kappa shape index (κ3) is 1170. The number of nitrogens with two attached hydrogens (primary N) is 2. The van der Waals surface area contributed by atoms with Crippen LogP contribution in [0.4, 0.5) is 0 Å². The smallest absolute Gasteiger partial charge is 0.300 e. The summed E-state index contributed by atoms with van der Waals surface area (Å²) in [5.74, 6) is -1.65. The predicted octanol–water partition coefficient (Wildman–Crippen LogP) is -1.62. The van der Waals surface area contributed by atoms with Crippen LogP contribution in [0.3, 0.4) is 0 Å². The maximum absolute atomic E-state index is 9.70. The average molecular weight is 462 g/mol. The molecule has 14 nitrogen and oxygen atoms in total. The van der Waals surface area contributed by atoms with Gasteiger partial charge in [0.1, 0.15) is 0 Å². The van der Waals surface area contributed by atoms with Gasteiger partial charge in [0, 0.05) is 55.8 Å². The molecule has 0 rings (SSSR count). The lowest BCUT2D eigenvalue weighted by molar-refractivity contribution is -0.135. The number of carboxylic acid groups (broad SMARTS) is 2. The lowest BCUT2D eigenvalue weighted by Crippen LogP contribution is -2.11. The first kappa shape index (κ1) is 50.9. The van der Waals surface area contributed by atoms with Gasteiger partial charge < -0.3 is 42.4 Å². The van der Waals surface area contributed by atoms with Crippen LogP contribution >= 0.6 is 0 Å². The number of carbonyl (C=O) groups excluding carboxylic acids is 4. The molecular weight excluding hydrogens is 418 g/mol. The molecule has 3 amide bonds. The van der Waals surface area contributed by atoms with Crippen molar-refractivity contribution in [1.29, 1.82) is 0 Å². The van der Waals surface area contributed by atoms with Crippen molar-refractivity contribution in [2.45, 2.75) is 34.6 Å². The molecule has 0 saturated heterocycles. The molecule has 0 bridgehead atoms. The molecule has 14 heteroatoms. The summed E-state index contributed by atoms with van der Waals surface area (Å²) < 4.78 is 3.86. The van der Waals surface area contributed by atoms with Gasteiger partial charge in [-0.25, -0.2) is 0 Å². The van der Waals surface area contributed by atoms with Crippen LogP contribution < -0.4 is 27.4 Å². The fourth-order valence-electron chi connectivity index (χ4n) is 0. The molecule has 0 fully saturated rings. The summed E-state index contributed by atoms with van der Waals surface area (Å²) in [5, 5.41) is 22.0. The summed E-state index contributed by atoms with van der Waals surface area (Å²) in [7, 11) is 9.11. The summed E-state index contributed by atoms with van der Waals surface area (Å²) >= 11 is 0. The molecule has 0 radical (unpaired) electrons. The molecule has 0 heterocycles. The average Bonchev–Trinajstić information content (AvgIpc) is 2.71. The van der Waals surface area contributed by atoms with E-state index in [2.05, 4.69) is 32.2 Å². The first-order valence-corrected chi connectivity index (χ1v) is 8.25. The standard InChI is InChI=1S/3C3H7NO.3C2H4O2.2CH5N/c3*1-3(5)4-2;1-4-2-3;2*1-2(3)4;2*1-2/h3*1-2H3,(H,4,5);2H,1H3;2*1H3,(H,3,4);2*2H2,1H3. The van der Waals surface area contributed by atoms with Gasteiger partial charge in [-0.1, -0.05) is 0 Å². The molecular formula is C17H43N5O9. The monoisotopic (exact) mass is 461 g/mol. The van der Waals surface area contributed by atoms with E-state index in [-0.39, 0.29) is 17.7 Å². The summed E-state index contributed by atoms with van der Waals surface area (Å²) in [6.45, 7) is 6.96. The van der Waals surface area contributed by atoms with E-state index in [1.165, 1.54) is 42.0 Å². The largest absolute Gasteiger partial charge is 0.481 e. The Balaban J connectivity index is -0.0000000331. The minimum Gasteiger partial charge on any atom is -0.481 e. The molecule has 31 heavy (non-hydrogen) atoms. The van der Waals surface area contributed by atoms with Crippen molar-refractivity contribution in [3.8, 4) is 0 Å². The Morgan fingerprint density at radius 2 is 0.710 bits per heavy atom. The van der Waals surface area contributed by atoms with Crippen molar-refractivity contribution in [1.82, 2.24) is 16.0 Å². The molecule has 0 atom stereocenters. The Hall–Kier alpha value is -3.26. The van der Waals surface area contributed by atoms with E-state index in [0.29, 0.717) is 6.47 Å². The SMILES string of the molecule is CC(=O)O.CC(=O)O.CN.CN.CNC(C)=O.CNC(C)=O.CNC(C)=O.COC=O. The molecule has 0 unspecified atom stereocenters. The second-order valence-electron chi connectivity index (χ2n) is 3.79. The Labute approximate surface area is 185 Å². The Bertz CT molecular complexity index is 354. The molecule has 0 aliphatic heterocycles. The number of carboxylic acids is 2. The fourth-order valence-corrected chi connectivity index (χ4v) is 0. The van der Waals surface area contributed by atoms with Gasteiger partial charge in [-0.2, -0.15) is 0 Å². The molecule has 0 aromatic heterocycles.